The van der Waals surface area contributed by atoms with E-state index in [9.17, 15) is 5.11 Å². The summed E-state index contributed by atoms with van der Waals surface area (Å²) in [5.41, 5.74) is 3.14. The SMILES string of the molecule is CCC(O)c1c(-c2ccc(Cl)c(Cl)c2)nc2ccccn12. The second kappa shape index (κ2) is 5.68. The highest BCUT2D eigenvalue weighted by Gasteiger charge is 2.19. The van der Waals surface area contributed by atoms with Crippen LogP contribution in [0.1, 0.15) is 25.1 Å². The number of rotatable bonds is 3. The standard InChI is InChI=1S/C16H14Cl2N2O/c1-2-13(21)16-15(10-6-7-11(17)12(18)9-10)19-14-5-3-4-8-20(14)16/h3-9,13,21H,2H2,1H3. The quantitative estimate of drug-likeness (QED) is 0.756. The third-order valence-electron chi connectivity index (χ3n) is 3.46. The van der Waals surface area contributed by atoms with Gasteiger partial charge < -0.3 is 9.51 Å². The van der Waals surface area contributed by atoms with E-state index in [0.717, 1.165) is 22.6 Å². The van der Waals surface area contributed by atoms with Gasteiger partial charge in [0.1, 0.15) is 5.65 Å². The lowest BCUT2D eigenvalue weighted by molar-refractivity contribution is 0.168. The molecule has 1 aromatic carbocycles. The molecule has 0 saturated carbocycles. The van der Waals surface area contributed by atoms with E-state index in [2.05, 4.69) is 4.98 Å². The predicted octanol–water partition coefficient (Wildman–Crippen LogP) is 4.75. The zero-order valence-electron chi connectivity index (χ0n) is 11.4. The Bertz CT molecular complexity index is 798. The van der Waals surface area contributed by atoms with Gasteiger partial charge in [-0.05, 0) is 30.7 Å². The Morgan fingerprint density at radius 1 is 1.19 bits per heavy atom. The monoisotopic (exact) mass is 320 g/mol. The van der Waals surface area contributed by atoms with E-state index in [-0.39, 0.29) is 0 Å². The maximum atomic E-state index is 10.4. The van der Waals surface area contributed by atoms with Crippen molar-refractivity contribution in [3.8, 4) is 11.3 Å². The van der Waals surface area contributed by atoms with Crippen LogP contribution in [-0.2, 0) is 0 Å². The van der Waals surface area contributed by atoms with Crippen LogP contribution in [0.5, 0.6) is 0 Å². The summed E-state index contributed by atoms with van der Waals surface area (Å²) in [7, 11) is 0. The third kappa shape index (κ3) is 2.53. The highest BCUT2D eigenvalue weighted by molar-refractivity contribution is 6.42. The summed E-state index contributed by atoms with van der Waals surface area (Å²) in [4.78, 5) is 4.62. The number of aliphatic hydroxyl groups is 1. The molecular formula is C16H14Cl2N2O. The number of pyridine rings is 1. The summed E-state index contributed by atoms with van der Waals surface area (Å²) in [5.74, 6) is 0. The minimum Gasteiger partial charge on any atom is -0.387 e. The van der Waals surface area contributed by atoms with Crippen LogP contribution in [0.2, 0.25) is 10.0 Å². The lowest BCUT2D eigenvalue weighted by Gasteiger charge is -2.11. The molecule has 3 nitrogen and oxygen atoms in total. The zero-order chi connectivity index (χ0) is 15.0. The molecule has 1 N–H and O–H groups in total. The van der Waals surface area contributed by atoms with Gasteiger partial charge in [-0.1, -0.05) is 42.3 Å². The van der Waals surface area contributed by atoms with E-state index in [1.165, 1.54) is 0 Å². The molecule has 0 aliphatic carbocycles. The fourth-order valence-electron chi connectivity index (χ4n) is 2.38. The lowest BCUT2D eigenvalue weighted by atomic mass is 10.1. The fourth-order valence-corrected chi connectivity index (χ4v) is 2.68. The van der Waals surface area contributed by atoms with E-state index >= 15 is 0 Å². The van der Waals surface area contributed by atoms with E-state index in [0.29, 0.717) is 16.5 Å². The first-order valence-corrected chi connectivity index (χ1v) is 7.48. The van der Waals surface area contributed by atoms with Gasteiger partial charge in [0.25, 0.3) is 0 Å². The Morgan fingerprint density at radius 2 is 2.00 bits per heavy atom. The van der Waals surface area contributed by atoms with Crippen LogP contribution in [0, 0.1) is 0 Å². The van der Waals surface area contributed by atoms with Crippen LogP contribution in [0.4, 0.5) is 0 Å². The predicted molar refractivity (Wildman–Crippen MR) is 85.9 cm³/mol. The van der Waals surface area contributed by atoms with Crippen LogP contribution in [-0.4, -0.2) is 14.5 Å². The van der Waals surface area contributed by atoms with Crippen molar-refractivity contribution in [3.63, 3.8) is 0 Å². The summed E-state index contributed by atoms with van der Waals surface area (Å²) < 4.78 is 1.91. The smallest absolute Gasteiger partial charge is 0.137 e. The van der Waals surface area contributed by atoms with Crippen LogP contribution < -0.4 is 0 Å². The van der Waals surface area contributed by atoms with Gasteiger partial charge in [0.15, 0.2) is 0 Å². The topological polar surface area (TPSA) is 37.5 Å². The van der Waals surface area contributed by atoms with Crippen molar-refractivity contribution >= 4 is 28.8 Å². The molecule has 5 heteroatoms. The van der Waals surface area contributed by atoms with Gasteiger partial charge in [-0.3, -0.25) is 0 Å². The molecule has 0 spiro atoms. The number of benzene rings is 1. The van der Waals surface area contributed by atoms with Crippen molar-refractivity contribution in [3.05, 3.63) is 58.3 Å². The van der Waals surface area contributed by atoms with Crippen LogP contribution in [0.15, 0.2) is 42.6 Å². The molecule has 3 aromatic rings. The number of aromatic nitrogens is 2. The number of imidazole rings is 1. The normalized spacial score (nSPS) is 12.8. The summed E-state index contributed by atoms with van der Waals surface area (Å²) in [5, 5.41) is 11.3. The Labute approximate surface area is 132 Å². The largest absolute Gasteiger partial charge is 0.387 e. The highest BCUT2D eigenvalue weighted by atomic mass is 35.5. The third-order valence-corrected chi connectivity index (χ3v) is 4.20. The maximum absolute atomic E-state index is 10.4. The second-order valence-electron chi connectivity index (χ2n) is 4.83. The van der Waals surface area contributed by atoms with E-state index in [4.69, 9.17) is 23.2 Å². The first-order valence-electron chi connectivity index (χ1n) is 6.72. The van der Waals surface area contributed by atoms with E-state index in [1.807, 2.05) is 41.8 Å². The molecule has 21 heavy (non-hydrogen) atoms. The number of halogens is 2. The van der Waals surface area contributed by atoms with Gasteiger partial charge in [0, 0.05) is 11.8 Å². The van der Waals surface area contributed by atoms with Crippen molar-refractivity contribution in [1.29, 1.82) is 0 Å². The van der Waals surface area contributed by atoms with Gasteiger partial charge in [-0.15, -0.1) is 0 Å². The molecule has 0 amide bonds. The number of aliphatic hydroxyl groups excluding tert-OH is 1. The number of fused-ring (bicyclic) bond motifs is 1. The molecule has 0 aliphatic rings. The minimum atomic E-state index is -0.591. The number of nitrogens with zero attached hydrogens (tertiary/aromatic N) is 2. The van der Waals surface area contributed by atoms with Crippen LogP contribution in [0.3, 0.4) is 0 Å². The van der Waals surface area contributed by atoms with Crippen LogP contribution >= 0.6 is 23.2 Å². The van der Waals surface area contributed by atoms with Crippen molar-refractivity contribution < 1.29 is 5.11 Å². The Morgan fingerprint density at radius 3 is 2.71 bits per heavy atom. The molecule has 0 saturated heterocycles. The Kier molecular flexibility index (Phi) is 3.89. The van der Waals surface area contributed by atoms with Gasteiger partial charge in [0.05, 0.1) is 27.5 Å². The maximum Gasteiger partial charge on any atom is 0.137 e. The summed E-state index contributed by atoms with van der Waals surface area (Å²) >= 11 is 12.1. The molecule has 0 aliphatic heterocycles. The van der Waals surface area contributed by atoms with Crippen molar-refractivity contribution in [2.45, 2.75) is 19.4 Å². The highest BCUT2D eigenvalue weighted by Crippen LogP contribution is 2.33. The molecule has 3 rings (SSSR count). The van der Waals surface area contributed by atoms with Gasteiger partial charge in [-0.2, -0.15) is 0 Å². The summed E-state index contributed by atoms with van der Waals surface area (Å²) in [6.07, 6.45) is 1.92. The molecule has 2 heterocycles. The molecule has 108 valence electrons. The minimum absolute atomic E-state index is 0.475. The first-order chi connectivity index (χ1) is 10.1. The summed E-state index contributed by atoms with van der Waals surface area (Å²) in [6.45, 7) is 1.94. The Balaban J connectivity index is 2.28. The summed E-state index contributed by atoms with van der Waals surface area (Å²) in [6, 6.07) is 11.1. The van der Waals surface area contributed by atoms with Crippen molar-refractivity contribution in [2.75, 3.05) is 0 Å². The zero-order valence-corrected chi connectivity index (χ0v) is 12.9. The van der Waals surface area contributed by atoms with Gasteiger partial charge in [-0.25, -0.2) is 4.98 Å². The molecule has 1 atom stereocenters. The lowest BCUT2D eigenvalue weighted by Crippen LogP contribution is -2.02. The molecule has 1 unspecified atom stereocenters. The second-order valence-corrected chi connectivity index (χ2v) is 5.64. The average molecular weight is 321 g/mol. The average Bonchev–Trinajstić information content (AvgIpc) is 2.88. The van der Waals surface area contributed by atoms with Gasteiger partial charge >= 0.3 is 0 Å². The molecule has 0 radical (unpaired) electrons. The molecular weight excluding hydrogens is 307 g/mol. The molecule has 2 aromatic heterocycles. The van der Waals surface area contributed by atoms with E-state index in [1.54, 1.807) is 12.1 Å². The molecule has 0 fully saturated rings. The number of hydrogen-bond acceptors (Lipinski definition) is 2. The van der Waals surface area contributed by atoms with Gasteiger partial charge in [0.2, 0.25) is 0 Å². The van der Waals surface area contributed by atoms with Crippen molar-refractivity contribution in [1.82, 2.24) is 9.38 Å². The fraction of sp³-hybridized carbons (Fsp3) is 0.188. The van der Waals surface area contributed by atoms with E-state index < -0.39 is 6.10 Å². The van der Waals surface area contributed by atoms with Crippen molar-refractivity contribution in [2.24, 2.45) is 0 Å². The first kappa shape index (κ1) is 14.4. The number of hydrogen-bond donors (Lipinski definition) is 1. The Hall–Kier alpha value is -1.55. The van der Waals surface area contributed by atoms with Crippen LogP contribution in [0.25, 0.3) is 16.9 Å². The molecule has 0 bridgehead atoms.